The lowest BCUT2D eigenvalue weighted by Gasteiger charge is -2.32. The summed E-state index contributed by atoms with van der Waals surface area (Å²) >= 11 is 0. The minimum Gasteiger partial charge on any atom is -0.497 e. The van der Waals surface area contributed by atoms with Gasteiger partial charge in [-0.15, -0.1) is 0 Å². The van der Waals surface area contributed by atoms with E-state index in [0.29, 0.717) is 12.0 Å². The lowest BCUT2D eigenvalue weighted by molar-refractivity contribution is 0.413. The Kier molecular flexibility index (Phi) is 3.75. The van der Waals surface area contributed by atoms with Gasteiger partial charge in [0.2, 0.25) is 0 Å². The van der Waals surface area contributed by atoms with Gasteiger partial charge >= 0.3 is 0 Å². The van der Waals surface area contributed by atoms with E-state index in [2.05, 4.69) is 47.8 Å². The van der Waals surface area contributed by atoms with Crippen LogP contribution in [0.1, 0.15) is 41.5 Å². The number of methoxy groups -OCH3 is 1. The molecule has 0 amide bonds. The Morgan fingerprint density at radius 2 is 1.80 bits per heavy atom. The number of benzene rings is 2. The molecule has 2 atom stereocenters. The van der Waals surface area contributed by atoms with Crippen molar-refractivity contribution in [1.29, 1.82) is 0 Å². The molecule has 0 radical (unpaired) electrons. The van der Waals surface area contributed by atoms with E-state index in [0.717, 1.165) is 5.75 Å². The first-order chi connectivity index (χ1) is 9.83. The average molecular weight is 267 g/mol. The van der Waals surface area contributed by atoms with E-state index in [9.17, 15) is 0 Å². The molecule has 0 unspecified atom stereocenters. The zero-order valence-corrected chi connectivity index (χ0v) is 12.1. The Morgan fingerprint density at radius 1 is 1.00 bits per heavy atom. The molecule has 3 rings (SSSR count). The van der Waals surface area contributed by atoms with E-state index in [1.165, 1.54) is 29.5 Å². The van der Waals surface area contributed by atoms with Crippen molar-refractivity contribution < 1.29 is 4.74 Å². The molecule has 104 valence electrons. The summed E-state index contributed by atoms with van der Waals surface area (Å²) in [5, 5.41) is 3.43. The molecule has 0 aliphatic heterocycles. The minimum atomic E-state index is 0.478. The van der Waals surface area contributed by atoms with E-state index in [1.54, 1.807) is 7.11 Å². The van der Waals surface area contributed by atoms with E-state index in [4.69, 9.17) is 4.74 Å². The van der Waals surface area contributed by atoms with E-state index in [1.807, 2.05) is 13.1 Å². The van der Waals surface area contributed by atoms with Crippen LogP contribution in [0, 0.1) is 0 Å². The summed E-state index contributed by atoms with van der Waals surface area (Å²) in [7, 11) is 3.78. The number of fused-ring (bicyclic) bond motifs is 1. The number of ether oxygens (including phenoxy) is 1. The fourth-order valence-electron chi connectivity index (χ4n) is 3.29. The predicted molar refractivity (Wildman–Crippen MR) is 82.3 cm³/mol. The quantitative estimate of drug-likeness (QED) is 0.911. The lowest BCUT2D eigenvalue weighted by Crippen LogP contribution is -2.24. The first kappa shape index (κ1) is 13.2. The molecule has 2 nitrogen and oxygen atoms in total. The van der Waals surface area contributed by atoms with Crippen LogP contribution in [0.25, 0.3) is 0 Å². The molecule has 20 heavy (non-hydrogen) atoms. The molecule has 1 N–H and O–H groups in total. The highest BCUT2D eigenvalue weighted by Crippen LogP contribution is 2.41. The minimum absolute atomic E-state index is 0.478. The molecule has 0 fully saturated rings. The van der Waals surface area contributed by atoms with E-state index < -0.39 is 0 Å². The molecule has 0 bridgehead atoms. The van der Waals surface area contributed by atoms with Crippen LogP contribution in [0.5, 0.6) is 5.75 Å². The van der Waals surface area contributed by atoms with Crippen LogP contribution in [-0.2, 0) is 0 Å². The number of rotatable bonds is 3. The Bertz CT molecular complexity index is 593. The largest absolute Gasteiger partial charge is 0.497 e. The van der Waals surface area contributed by atoms with Gasteiger partial charge in [0, 0.05) is 12.0 Å². The Hall–Kier alpha value is -1.80. The maximum atomic E-state index is 5.36. The molecule has 0 spiro atoms. The van der Waals surface area contributed by atoms with Gasteiger partial charge in [-0.1, -0.05) is 36.4 Å². The maximum Gasteiger partial charge on any atom is 0.119 e. The van der Waals surface area contributed by atoms with Gasteiger partial charge in [0.1, 0.15) is 5.75 Å². The van der Waals surface area contributed by atoms with Crippen molar-refractivity contribution in [2.75, 3.05) is 14.2 Å². The van der Waals surface area contributed by atoms with Gasteiger partial charge in [0.25, 0.3) is 0 Å². The summed E-state index contributed by atoms with van der Waals surface area (Å²) in [5.74, 6) is 1.42. The third-order valence-corrected chi connectivity index (χ3v) is 4.34. The maximum absolute atomic E-state index is 5.36. The van der Waals surface area contributed by atoms with Crippen molar-refractivity contribution in [1.82, 2.24) is 5.32 Å². The van der Waals surface area contributed by atoms with E-state index in [-0.39, 0.29) is 0 Å². The Morgan fingerprint density at radius 3 is 2.55 bits per heavy atom. The van der Waals surface area contributed by atoms with Gasteiger partial charge in [0.05, 0.1) is 7.11 Å². The molecule has 2 aromatic carbocycles. The molecule has 2 aromatic rings. The second-order valence-corrected chi connectivity index (χ2v) is 5.38. The van der Waals surface area contributed by atoms with Crippen molar-refractivity contribution in [3.8, 4) is 5.75 Å². The van der Waals surface area contributed by atoms with Crippen LogP contribution in [0.15, 0.2) is 48.5 Å². The molecule has 0 saturated carbocycles. The molecular weight excluding hydrogens is 246 g/mol. The van der Waals surface area contributed by atoms with Crippen molar-refractivity contribution >= 4 is 0 Å². The fraction of sp³-hybridized carbons (Fsp3) is 0.333. The highest BCUT2D eigenvalue weighted by Gasteiger charge is 2.27. The average Bonchev–Trinajstić information content (AvgIpc) is 2.54. The van der Waals surface area contributed by atoms with Crippen LogP contribution in [0.3, 0.4) is 0 Å². The summed E-state index contributed by atoms with van der Waals surface area (Å²) < 4.78 is 5.36. The summed E-state index contributed by atoms with van der Waals surface area (Å²) in [4.78, 5) is 0. The van der Waals surface area contributed by atoms with Crippen molar-refractivity contribution in [3.63, 3.8) is 0 Å². The summed E-state index contributed by atoms with van der Waals surface area (Å²) in [5.41, 5.74) is 4.24. The SMILES string of the molecule is CN[C@@H]1CC[C@@H](c2cccc(OC)c2)c2ccccc21. The van der Waals surface area contributed by atoms with Crippen LogP contribution >= 0.6 is 0 Å². The highest BCUT2D eigenvalue weighted by molar-refractivity contribution is 5.43. The smallest absolute Gasteiger partial charge is 0.119 e. The van der Waals surface area contributed by atoms with E-state index >= 15 is 0 Å². The lowest BCUT2D eigenvalue weighted by atomic mass is 9.77. The topological polar surface area (TPSA) is 21.3 Å². The molecule has 0 saturated heterocycles. The van der Waals surface area contributed by atoms with Crippen LogP contribution in [-0.4, -0.2) is 14.2 Å². The van der Waals surface area contributed by atoms with Gasteiger partial charge in [0.15, 0.2) is 0 Å². The first-order valence-corrected chi connectivity index (χ1v) is 7.23. The molecule has 0 heterocycles. The molecule has 1 aliphatic rings. The van der Waals surface area contributed by atoms with Gasteiger partial charge < -0.3 is 10.1 Å². The summed E-state index contributed by atoms with van der Waals surface area (Å²) in [6.07, 6.45) is 2.35. The molecule has 1 aliphatic carbocycles. The fourth-order valence-corrected chi connectivity index (χ4v) is 3.29. The number of hydrogen-bond acceptors (Lipinski definition) is 2. The Balaban J connectivity index is 2.02. The zero-order chi connectivity index (χ0) is 13.9. The van der Waals surface area contributed by atoms with Crippen LogP contribution < -0.4 is 10.1 Å². The third kappa shape index (κ3) is 2.32. The second-order valence-electron chi connectivity index (χ2n) is 5.38. The van der Waals surface area contributed by atoms with Crippen molar-refractivity contribution in [2.45, 2.75) is 24.8 Å². The predicted octanol–water partition coefficient (Wildman–Crippen LogP) is 3.88. The first-order valence-electron chi connectivity index (χ1n) is 7.23. The highest BCUT2D eigenvalue weighted by atomic mass is 16.5. The monoisotopic (exact) mass is 267 g/mol. The number of nitrogens with one attached hydrogen (secondary N) is 1. The van der Waals surface area contributed by atoms with Crippen LogP contribution in [0.2, 0.25) is 0 Å². The van der Waals surface area contributed by atoms with Crippen LogP contribution in [0.4, 0.5) is 0 Å². The molecule has 0 aromatic heterocycles. The molecular formula is C18H21NO. The van der Waals surface area contributed by atoms with Gasteiger partial charge in [-0.25, -0.2) is 0 Å². The van der Waals surface area contributed by atoms with Gasteiger partial charge in [-0.3, -0.25) is 0 Å². The second kappa shape index (κ2) is 5.68. The standard InChI is InChI=1S/C18H21NO/c1-19-18-11-10-15(16-8-3-4-9-17(16)18)13-6-5-7-14(12-13)20-2/h3-9,12,15,18-19H,10-11H2,1-2H3/t15-,18+/m0/s1. The van der Waals surface area contributed by atoms with Gasteiger partial charge in [-0.2, -0.15) is 0 Å². The summed E-state index contributed by atoms with van der Waals surface area (Å²) in [6, 6.07) is 17.8. The zero-order valence-electron chi connectivity index (χ0n) is 12.1. The van der Waals surface area contributed by atoms with Gasteiger partial charge in [-0.05, 0) is 48.7 Å². The summed E-state index contributed by atoms with van der Waals surface area (Å²) in [6.45, 7) is 0. The third-order valence-electron chi connectivity index (χ3n) is 4.34. The molecule has 2 heteroatoms. The Labute approximate surface area is 120 Å². The normalized spacial score (nSPS) is 21.3. The van der Waals surface area contributed by atoms with Crippen molar-refractivity contribution in [2.24, 2.45) is 0 Å². The van der Waals surface area contributed by atoms with Crippen molar-refractivity contribution in [3.05, 3.63) is 65.2 Å². The number of hydrogen-bond donors (Lipinski definition) is 1.